The smallest absolute Gasteiger partial charge is 0.311 e. The van der Waals surface area contributed by atoms with Gasteiger partial charge in [-0.15, -0.1) is 11.3 Å². The Bertz CT molecular complexity index is 714. The van der Waals surface area contributed by atoms with E-state index in [1.807, 2.05) is 11.4 Å². The lowest BCUT2D eigenvalue weighted by atomic mass is 10.2. The number of rotatable bonds is 6. The molecule has 0 aliphatic carbocycles. The Balaban J connectivity index is 1.90. The number of non-ortho nitro benzene ring substituents is 1. The topological polar surface area (TPSA) is 98.5 Å². The van der Waals surface area contributed by atoms with E-state index in [1.165, 1.54) is 42.5 Å². The van der Waals surface area contributed by atoms with Crippen LogP contribution in [0.3, 0.4) is 0 Å². The van der Waals surface area contributed by atoms with Crippen LogP contribution in [0.25, 0.3) is 0 Å². The summed E-state index contributed by atoms with van der Waals surface area (Å²) in [5, 5.41) is 15.0. The highest BCUT2D eigenvalue weighted by atomic mass is 32.1. The third-order valence-electron chi connectivity index (χ3n) is 2.90. The second-order valence-electron chi connectivity index (χ2n) is 4.68. The maximum atomic E-state index is 12.0. The third-order valence-corrected chi connectivity index (χ3v) is 3.78. The van der Waals surface area contributed by atoms with Crippen LogP contribution in [-0.2, 0) is 20.7 Å². The van der Waals surface area contributed by atoms with Crippen molar-refractivity contribution in [2.75, 3.05) is 5.32 Å². The predicted molar refractivity (Wildman–Crippen MR) is 85.3 cm³/mol. The van der Waals surface area contributed by atoms with Gasteiger partial charge in [0.25, 0.3) is 11.6 Å². The molecule has 0 radical (unpaired) electrons. The van der Waals surface area contributed by atoms with Gasteiger partial charge in [-0.2, -0.15) is 0 Å². The number of anilines is 1. The number of hydrogen-bond donors (Lipinski definition) is 1. The van der Waals surface area contributed by atoms with E-state index < -0.39 is 22.9 Å². The first kappa shape index (κ1) is 16.6. The van der Waals surface area contributed by atoms with Crippen LogP contribution in [0.5, 0.6) is 0 Å². The van der Waals surface area contributed by atoms with Gasteiger partial charge in [-0.05, 0) is 24.4 Å². The molecule has 120 valence electrons. The van der Waals surface area contributed by atoms with Gasteiger partial charge in [0.15, 0.2) is 6.10 Å². The highest BCUT2D eigenvalue weighted by Crippen LogP contribution is 2.17. The molecule has 0 saturated heterocycles. The Morgan fingerprint density at radius 2 is 2.13 bits per heavy atom. The van der Waals surface area contributed by atoms with Gasteiger partial charge in [-0.1, -0.05) is 12.1 Å². The lowest BCUT2D eigenvalue weighted by Gasteiger charge is -2.13. The van der Waals surface area contributed by atoms with Crippen LogP contribution in [0.1, 0.15) is 11.8 Å². The number of ether oxygens (including phenoxy) is 1. The molecule has 23 heavy (non-hydrogen) atoms. The first-order valence-electron chi connectivity index (χ1n) is 6.73. The van der Waals surface area contributed by atoms with Gasteiger partial charge in [0.05, 0.1) is 11.3 Å². The van der Waals surface area contributed by atoms with Crippen LogP contribution in [0, 0.1) is 10.1 Å². The summed E-state index contributed by atoms with van der Waals surface area (Å²) in [6.45, 7) is 1.44. The molecule has 1 atom stereocenters. The number of nitrogens with one attached hydrogen (secondary N) is 1. The van der Waals surface area contributed by atoms with Gasteiger partial charge in [-0.3, -0.25) is 19.7 Å². The van der Waals surface area contributed by atoms with Crippen LogP contribution in [0.2, 0.25) is 0 Å². The number of esters is 1. The number of benzene rings is 1. The SMILES string of the molecule is CC(OC(=O)Cc1cccs1)C(=O)Nc1cccc([N+](=O)[O-])c1. The molecule has 2 rings (SSSR count). The molecule has 1 aromatic carbocycles. The van der Waals surface area contributed by atoms with Gasteiger partial charge in [-0.25, -0.2) is 0 Å². The van der Waals surface area contributed by atoms with Crippen LogP contribution in [-0.4, -0.2) is 22.9 Å². The zero-order valence-corrected chi connectivity index (χ0v) is 13.0. The molecule has 0 aliphatic rings. The van der Waals surface area contributed by atoms with Crippen molar-refractivity contribution < 1.29 is 19.2 Å². The van der Waals surface area contributed by atoms with Gasteiger partial charge in [0.1, 0.15) is 0 Å². The molecule has 1 amide bonds. The van der Waals surface area contributed by atoms with Gasteiger partial charge >= 0.3 is 5.97 Å². The van der Waals surface area contributed by atoms with Crippen molar-refractivity contribution in [1.29, 1.82) is 0 Å². The minimum atomic E-state index is -0.998. The summed E-state index contributed by atoms with van der Waals surface area (Å²) >= 11 is 1.43. The van der Waals surface area contributed by atoms with Crippen molar-refractivity contribution in [2.24, 2.45) is 0 Å². The minimum absolute atomic E-state index is 0.103. The Morgan fingerprint density at radius 1 is 1.35 bits per heavy atom. The summed E-state index contributed by atoms with van der Waals surface area (Å²) in [4.78, 5) is 34.7. The first-order valence-corrected chi connectivity index (χ1v) is 7.61. The van der Waals surface area contributed by atoms with E-state index in [4.69, 9.17) is 4.74 Å². The number of nitro benzene ring substituents is 1. The molecule has 1 N–H and O–H groups in total. The van der Waals surface area contributed by atoms with Crippen molar-refractivity contribution in [2.45, 2.75) is 19.4 Å². The summed E-state index contributed by atoms with van der Waals surface area (Å²) in [7, 11) is 0. The molecule has 1 unspecified atom stereocenters. The molecule has 0 spiro atoms. The van der Waals surface area contributed by atoms with Gasteiger partial charge in [0.2, 0.25) is 0 Å². The summed E-state index contributed by atoms with van der Waals surface area (Å²) in [5.41, 5.74) is 0.135. The fourth-order valence-electron chi connectivity index (χ4n) is 1.79. The fourth-order valence-corrected chi connectivity index (χ4v) is 2.48. The van der Waals surface area contributed by atoms with Crippen LogP contribution < -0.4 is 5.32 Å². The normalized spacial score (nSPS) is 11.5. The minimum Gasteiger partial charge on any atom is -0.452 e. The van der Waals surface area contributed by atoms with Gasteiger partial charge in [0, 0.05) is 22.7 Å². The Hall–Kier alpha value is -2.74. The van der Waals surface area contributed by atoms with Crippen molar-refractivity contribution in [3.05, 3.63) is 56.8 Å². The van der Waals surface area contributed by atoms with Crippen molar-refractivity contribution in [3.63, 3.8) is 0 Å². The molecule has 1 aromatic heterocycles. The first-order chi connectivity index (χ1) is 11.0. The fraction of sp³-hybridized carbons (Fsp3) is 0.200. The molecule has 8 heteroatoms. The quantitative estimate of drug-likeness (QED) is 0.497. The maximum absolute atomic E-state index is 12.0. The molecule has 0 fully saturated rings. The number of thiophene rings is 1. The zero-order valence-electron chi connectivity index (χ0n) is 12.2. The molecule has 7 nitrogen and oxygen atoms in total. The number of amides is 1. The molecule has 0 saturated carbocycles. The van der Waals surface area contributed by atoms with E-state index in [2.05, 4.69) is 5.32 Å². The lowest BCUT2D eigenvalue weighted by molar-refractivity contribution is -0.384. The van der Waals surface area contributed by atoms with Crippen molar-refractivity contribution in [1.82, 2.24) is 0 Å². The largest absolute Gasteiger partial charge is 0.452 e. The number of carbonyl (C=O) groups excluding carboxylic acids is 2. The Kier molecular flexibility index (Phi) is 5.42. The van der Waals surface area contributed by atoms with E-state index in [9.17, 15) is 19.7 Å². The summed E-state index contributed by atoms with van der Waals surface area (Å²) in [5.74, 6) is -1.06. The Labute approximate surface area is 136 Å². The molecular formula is C15H14N2O5S. The van der Waals surface area contributed by atoms with Crippen molar-refractivity contribution in [3.8, 4) is 0 Å². The van der Waals surface area contributed by atoms with E-state index in [1.54, 1.807) is 6.07 Å². The highest BCUT2D eigenvalue weighted by Gasteiger charge is 2.19. The zero-order chi connectivity index (χ0) is 16.8. The second-order valence-corrected chi connectivity index (χ2v) is 5.72. The monoisotopic (exact) mass is 334 g/mol. The molecule has 1 heterocycles. The molecule has 0 bridgehead atoms. The molecular weight excluding hydrogens is 320 g/mol. The van der Waals surface area contributed by atoms with E-state index in [0.717, 1.165) is 4.88 Å². The number of nitro groups is 1. The summed E-state index contributed by atoms with van der Waals surface area (Å²) in [6.07, 6.45) is -0.895. The van der Waals surface area contributed by atoms with E-state index in [0.29, 0.717) is 0 Å². The lowest BCUT2D eigenvalue weighted by Crippen LogP contribution is -2.30. The summed E-state index contributed by atoms with van der Waals surface area (Å²) < 4.78 is 5.06. The van der Waals surface area contributed by atoms with Crippen LogP contribution in [0.15, 0.2) is 41.8 Å². The highest BCUT2D eigenvalue weighted by molar-refractivity contribution is 7.10. The molecule has 0 aliphatic heterocycles. The van der Waals surface area contributed by atoms with Crippen LogP contribution in [0.4, 0.5) is 11.4 Å². The number of carbonyl (C=O) groups is 2. The third kappa shape index (κ3) is 4.89. The van der Waals surface area contributed by atoms with Gasteiger partial charge < -0.3 is 10.1 Å². The molecule has 2 aromatic rings. The number of hydrogen-bond acceptors (Lipinski definition) is 6. The average molecular weight is 334 g/mol. The Morgan fingerprint density at radius 3 is 2.78 bits per heavy atom. The number of nitrogens with zero attached hydrogens (tertiary/aromatic N) is 1. The standard InChI is InChI=1S/C15H14N2O5S/c1-10(22-14(18)9-13-6-3-7-23-13)15(19)16-11-4-2-5-12(8-11)17(20)21/h2-8,10H,9H2,1H3,(H,16,19). The van der Waals surface area contributed by atoms with Crippen LogP contribution >= 0.6 is 11.3 Å². The maximum Gasteiger partial charge on any atom is 0.311 e. The van der Waals surface area contributed by atoms with E-state index >= 15 is 0 Å². The average Bonchev–Trinajstić information content (AvgIpc) is 3.00. The van der Waals surface area contributed by atoms with E-state index in [-0.39, 0.29) is 17.8 Å². The summed E-state index contributed by atoms with van der Waals surface area (Å²) in [6, 6.07) is 9.16. The second kappa shape index (κ2) is 7.50. The predicted octanol–water partition coefficient (Wildman–Crippen LogP) is 2.77. The van der Waals surface area contributed by atoms with Crippen molar-refractivity contribution >= 4 is 34.6 Å².